The van der Waals surface area contributed by atoms with Crippen LogP contribution in [0.5, 0.6) is 11.5 Å². The summed E-state index contributed by atoms with van der Waals surface area (Å²) in [5, 5.41) is 25.8. The number of fused-ring (bicyclic) bond motifs is 2. The lowest BCUT2D eigenvalue weighted by Crippen LogP contribution is -2.01. The van der Waals surface area contributed by atoms with Crippen LogP contribution in [-0.2, 0) is 13.1 Å². The molecule has 6 nitrogen and oxygen atoms in total. The summed E-state index contributed by atoms with van der Waals surface area (Å²) < 4.78 is 0. The summed E-state index contributed by atoms with van der Waals surface area (Å²) in [6.45, 7) is 1.26. The van der Waals surface area contributed by atoms with Crippen LogP contribution in [0.15, 0.2) is 109 Å². The first kappa shape index (κ1) is 29.9. The van der Waals surface area contributed by atoms with Crippen molar-refractivity contribution in [1.82, 2.24) is 9.97 Å². The van der Waals surface area contributed by atoms with E-state index in [0.29, 0.717) is 23.8 Å². The second-order valence-electron chi connectivity index (χ2n) is 8.90. The largest absolute Gasteiger partial charge is 0.508 e. The van der Waals surface area contributed by atoms with E-state index < -0.39 is 0 Å². The molecule has 2 heterocycles. The van der Waals surface area contributed by atoms with Gasteiger partial charge in [0.25, 0.3) is 0 Å². The van der Waals surface area contributed by atoms with Gasteiger partial charge in [0, 0.05) is 46.0 Å². The first-order valence-corrected chi connectivity index (χ1v) is 13.7. The second kappa shape index (κ2) is 14.5. The molecule has 5 N–H and O–H groups in total. The van der Waals surface area contributed by atoms with E-state index in [4.69, 9.17) is 45.6 Å². The number of phenols is 2. The molecule has 0 fully saturated rings. The van der Waals surface area contributed by atoms with Gasteiger partial charge in [-0.1, -0.05) is 59.1 Å². The lowest BCUT2D eigenvalue weighted by Gasteiger charge is -2.07. The molecule has 0 atom stereocenters. The van der Waals surface area contributed by atoms with Gasteiger partial charge in [0.1, 0.15) is 22.5 Å². The summed E-state index contributed by atoms with van der Waals surface area (Å²) in [6, 6.07) is 32.9. The van der Waals surface area contributed by atoms with Crippen LogP contribution >= 0.6 is 34.8 Å². The normalized spacial score (nSPS) is 10.3. The zero-order valence-electron chi connectivity index (χ0n) is 21.8. The number of aromatic nitrogens is 2. The number of nitrogens with zero attached hydrogens (tertiary/aromatic N) is 2. The van der Waals surface area contributed by atoms with Crippen LogP contribution < -0.4 is 11.1 Å². The van der Waals surface area contributed by atoms with Gasteiger partial charge in [-0.25, -0.2) is 9.97 Å². The van der Waals surface area contributed by atoms with E-state index >= 15 is 0 Å². The van der Waals surface area contributed by atoms with Gasteiger partial charge >= 0.3 is 0 Å². The minimum absolute atomic E-state index is 0.206. The number of anilines is 1. The molecule has 208 valence electrons. The summed E-state index contributed by atoms with van der Waals surface area (Å²) in [7, 11) is 0. The van der Waals surface area contributed by atoms with Crippen molar-refractivity contribution in [1.29, 1.82) is 0 Å². The lowest BCUT2D eigenvalue weighted by atomic mass is 10.2. The first-order valence-electron chi connectivity index (χ1n) is 12.6. The smallest absolute Gasteiger partial charge is 0.129 e. The molecule has 0 aliphatic heterocycles. The van der Waals surface area contributed by atoms with Crippen LogP contribution in [0, 0.1) is 0 Å². The SMILES string of the molecule is NCc1ccc(Cl)cc1.Oc1ccc2ccc(Cl)nc2c1.Oc1ccc2ccc(NCc3ccc(Cl)cc3)nc2c1. The number of benzene rings is 4. The van der Waals surface area contributed by atoms with E-state index in [9.17, 15) is 5.11 Å². The average molecular weight is 606 g/mol. The maximum atomic E-state index is 9.48. The van der Waals surface area contributed by atoms with Crippen molar-refractivity contribution in [3.05, 3.63) is 136 Å². The van der Waals surface area contributed by atoms with Gasteiger partial charge in [0.2, 0.25) is 0 Å². The summed E-state index contributed by atoms with van der Waals surface area (Å²) >= 11 is 17.2. The van der Waals surface area contributed by atoms with E-state index in [1.54, 1.807) is 36.4 Å². The molecule has 0 radical (unpaired) electrons. The molecular weight excluding hydrogens is 579 g/mol. The van der Waals surface area contributed by atoms with Crippen molar-refractivity contribution >= 4 is 62.4 Å². The third kappa shape index (κ3) is 9.23. The highest BCUT2D eigenvalue weighted by Crippen LogP contribution is 2.21. The van der Waals surface area contributed by atoms with Crippen LogP contribution in [0.2, 0.25) is 15.2 Å². The number of hydrogen-bond acceptors (Lipinski definition) is 6. The van der Waals surface area contributed by atoms with Gasteiger partial charge in [-0.05, 0) is 83.9 Å². The number of rotatable bonds is 4. The Balaban J connectivity index is 0.000000156. The molecule has 2 aromatic heterocycles. The van der Waals surface area contributed by atoms with Gasteiger partial charge in [-0.3, -0.25) is 0 Å². The Morgan fingerprint density at radius 3 is 1.63 bits per heavy atom. The van der Waals surface area contributed by atoms with E-state index in [-0.39, 0.29) is 11.5 Å². The summed E-state index contributed by atoms with van der Waals surface area (Å²) in [5.74, 6) is 1.20. The second-order valence-corrected chi connectivity index (χ2v) is 10.2. The number of halogens is 3. The summed E-state index contributed by atoms with van der Waals surface area (Å²) in [5.41, 5.74) is 9.08. The quantitative estimate of drug-likeness (QED) is 0.150. The van der Waals surface area contributed by atoms with Crippen LogP contribution in [-0.4, -0.2) is 20.2 Å². The molecule has 0 saturated heterocycles. The van der Waals surface area contributed by atoms with Crippen LogP contribution in [0.1, 0.15) is 11.1 Å². The van der Waals surface area contributed by atoms with Gasteiger partial charge in [0.05, 0.1) is 11.0 Å². The lowest BCUT2D eigenvalue weighted by molar-refractivity contribution is 0.475. The fourth-order valence-corrected chi connectivity index (χ4v) is 4.11. The Bertz CT molecular complexity index is 1690. The predicted molar refractivity (Wildman–Crippen MR) is 170 cm³/mol. The number of pyridine rings is 2. The third-order valence-electron chi connectivity index (χ3n) is 5.85. The van der Waals surface area contributed by atoms with E-state index in [1.807, 2.05) is 72.8 Å². The highest BCUT2D eigenvalue weighted by atomic mass is 35.5. The molecule has 0 aliphatic carbocycles. The van der Waals surface area contributed by atoms with Crippen LogP contribution in [0.3, 0.4) is 0 Å². The monoisotopic (exact) mass is 604 g/mol. The molecule has 0 spiro atoms. The Hall–Kier alpha value is -4.07. The molecular formula is C32H27Cl3N4O2. The van der Waals surface area contributed by atoms with Gasteiger partial charge in [-0.15, -0.1) is 0 Å². The Kier molecular flexibility index (Phi) is 10.6. The molecule has 0 saturated carbocycles. The molecule has 0 unspecified atom stereocenters. The fraction of sp³-hybridized carbons (Fsp3) is 0.0625. The number of nitrogens with two attached hydrogens (primary N) is 1. The Morgan fingerprint density at radius 2 is 1.07 bits per heavy atom. The van der Waals surface area contributed by atoms with Crippen molar-refractivity contribution < 1.29 is 10.2 Å². The maximum absolute atomic E-state index is 9.48. The predicted octanol–water partition coefficient (Wildman–Crippen LogP) is 8.60. The first-order chi connectivity index (χ1) is 19.8. The molecule has 0 aliphatic rings. The topological polar surface area (TPSA) is 104 Å². The molecule has 6 aromatic rings. The highest BCUT2D eigenvalue weighted by molar-refractivity contribution is 6.31. The summed E-state index contributed by atoms with van der Waals surface area (Å²) in [6.07, 6.45) is 0. The van der Waals surface area contributed by atoms with Crippen LogP contribution in [0.25, 0.3) is 21.8 Å². The van der Waals surface area contributed by atoms with Crippen molar-refractivity contribution in [2.45, 2.75) is 13.1 Å². The van der Waals surface area contributed by atoms with E-state index in [1.165, 1.54) is 0 Å². The Morgan fingerprint density at radius 1 is 0.585 bits per heavy atom. The minimum atomic E-state index is 0.206. The number of nitrogens with one attached hydrogen (secondary N) is 1. The zero-order valence-corrected chi connectivity index (χ0v) is 24.1. The molecule has 0 amide bonds. The average Bonchev–Trinajstić information content (AvgIpc) is 2.97. The van der Waals surface area contributed by atoms with Crippen molar-refractivity contribution in [2.75, 3.05) is 5.32 Å². The zero-order chi connectivity index (χ0) is 29.2. The van der Waals surface area contributed by atoms with E-state index in [2.05, 4.69) is 15.3 Å². The van der Waals surface area contributed by atoms with Gasteiger partial charge in [-0.2, -0.15) is 0 Å². The number of aromatic hydroxyl groups is 2. The molecule has 41 heavy (non-hydrogen) atoms. The van der Waals surface area contributed by atoms with E-state index in [0.717, 1.165) is 43.3 Å². The fourth-order valence-electron chi connectivity index (χ4n) is 3.70. The Labute approximate surface area is 253 Å². The summed E-state index contributed by atoms with van der Waals surface area (Å²) in [4.78, 5) is 8.51. The molecule has 6 rings (SSSR count). The minimum Gasteiger partial charge on any atom is -0.508 e. The standard InChI is InChI=1S/C16H13ClN2O.C9H6ClNO.C7H8ClN/c17-13-5-1-11(2-6-13)10-18-16-8-4-12-3-7-14(20)9-15(12)19-16;10-9-4-2-6-1-3-7(12)5-8(6)11-9;8-7-3-1-6(5-9)2-4-7/h1-9,20H,10H2,(H,18,19);1-5,12H;1-4H,5,9H2. The molecule has 4 aromatic carbocycles. The van der Waals surface area contributed by atoms with Gasteiger partial charge < -0.3 is 21.3 Å². The van der Waals surface area contributed by atoms with Crippen molar-refractivity contribution in [2.24, 2.45) is 5.73 Å². The number of phenolic OH excluding ortho intramolecular Hbond substituents is 2. The van der Waals surface area contributed by atoms with Gasteiger partial charge in [0.15, 0.2) is 0 Å². The number of hydrogen-bond donors (Lipinski definition) is 4. The van der Waals surface area contributed by atoms with Crippen LogP contribution in [0.4, 0.5) is 5.82 Å². The maximum Gasteiger partial charge on any atom is 0.129 e. The third-order valence-corrected chi connectivity index (χ3v) is 6.57. The molecule has 0 bridgehead atoms. The van der Waals surface area contributed by atoms with Crippen molar-refractivity contribution in [3.8, 4) is 11.5 Å². The highest BCUT2D eigenvalue weighted by Gasteiger charge is 2.00. The molecule has 9 heteroatoms. The van der Waals surface area contributed by atoms with Crippen molar-refractivity contribution in [3.63, 3.8) is 0 Å².